The highest BCUT2D eigenvalue weighted by Gasteiger charge is 2.24. The normalized spacial score (nSPS) is 15.8. The lowest BCUT2D eigenvalue weighted by atomic mass is 10.0. The number of carbonyl (C=O) groups excluding carboxylic acids is 1. The Labute approximate surface area is 141 Å². The fourth-order valence-electron chi connectivity index (χ4n) is 2.45. The highest BCUT2D eigenvalue weighted by molar-refractivity contribution is 7.99. The van der Waals surface area contributed by atoms with Gasteiger partial charge in [0.25, 0.3) is 5.56 Å². The zero-order valence-corrected chi connectivity index (χ0v) is 14.1. The number of fused-ring (bicyclic) bond motifs is 1. The number of halogens is 1. The Balaban J connectivity index is 2.11. The number of carbonyl (C=O) groups is 1. The molecule has 7 heteroatoms. The fourth-order valence-corrected chi connectivity index (χ4v) is 3.83. The molecule has 118 valence electrons. The Morgan fingerprint density at radius 3 is 2.70 bits per heavy atom. The van der Waals surface area contributed by atoms with Gasteiger partial charge in [0, 0.05) is 42.1 Å². The summed E-state index contributed by atoms with van der Waals surface area (Å²) in [6, 6.07) is 5.20. The SMILES string of the molecule is Cn1cc(C=C2CSc3c(Cl)cccc3C2=O)c(=O)n(C)c1=O. The maximum absolute atomic E-state index is 12.6. The van der Waals surface area contributed by atoms with Gasteiger partial charge >= 0.3 is 5.69 Å². The number of rotatable bonds is 1. The van der Waals surface area contributed by atoms with Gasteiger partial charge in [-0.3, -0.25) is 14.2 Å². The molecular weight excluding hydrogens is 336 g/mol. The molecule has 0 amide bonds. The van der Waals surface area contributed by atoms with Crippen LogP contribution >= 0.6 is 23.4 Å². The number of thioether (sulfide) groups is 1. The van der Waals surface area contributed by atoms with Crippen molar-refractivity contribution in [2.24, 2.45) is 14.1 Å². The number of ketones is 1. The first kappa shape index (κ1) is 15.8. The summed E-state index contributed by atoms with van der Waals surface area (Å²) in [4.78, 5) is 37.3. The number of hydrogen-bond acceptors (Lipinski definition) is 4. The van der Waals surface area contributed by atoms with Gasteiger partial charge in [-0.05, 0) is 18.2 Å². The molecule has 0 saturated heterocycles. The maximum atomic E-state index is 12.6. The van der Waals surface area contributed by atoms with Crippen LogP contribution in [-0.2, 0) is 14.1 Å². The van der Waals surface area contributed by atoms with E-state index in [1.54, 1.807) is 31.3 Å². The zero-order valence-electron chi connectivity index (χ0n) is 12.5. The number of hydrogen-bond donors (Lipinski definition) is 0. The molecule has 0 saturated carbocycles. The lowest BCUT2D eigenvalue weighted by Crippen LogP contribution is -2.37. The van der Waals surface area contributed by atoms with Crippen molar-refractivity contribution in [1.82, 2.24) is 9.13 Å². The van der Waals surface area contributed by atoms with E-state index in [4.69, 9.17) is 11.6 Å². The van der Waals surface area contributed by atoms with Crippen molar-refractivity contribution in [3.05, 3.63) is 67.0 Å². The third kappa shape index (κ3) is 2.68. The predicted molar refractivity (Wildman–Crippen MR) is 91.4 cm³/mol. The molecule has 1 aliphatic rings. The van der Waals surface area contributed by atoms with Crippen molar-refractivity contribution < 1.29 is 4.79 Å². The summed E-state index contributed by atoms with van der Waals surface area (Å²) >= 11 is 7.58. The van der Waals surface area contributed by atoms with E-state index in [-0.39, 0.29) is 5.78 Å². The zero-order chi connectivity index (χ0) is 16.7. The summed E-state index contributed by atoms with van der Waals surface area (Å²) in [5.74, 6) is 0.291. The van der Waals surface area contributed by atoms with Gasteiger partial charge in [-0.1, -0.05) is 17.7 Å². The third-order valence-corrected chi connectivity index (χ3v) is 5.29. The summed E-state index contributed by atoms with van der Waals surface area (Å²) in [5.41, 5.74) is 0.542. The van der Waals surface area contributed by atoms with E-state index in [1.807, 2.05) is 0 Å². The molecule has 0 spiro atoms. The largest absolute Gasteiger partial charge is 0.330 e. The van der Waals surface area contributed by atoms with E-state index in [9.17, 15) is 14.4 Å². The molecule has 1 aromatic carbocycles. The van der Waals surface area contributed by atoms with E-state index >= 15 is 0 Å². The number of benzene rings is 1. The Hall–Kier alpha value is -2.05. The van der Waals surface area contributed by atoms with E-state index in [2.05, 4.69) is 0 Å². The molecular formula is C16H13ClN2O3S. The Morgan fingerprint density at radius 1 is 1.22 bits per heavy atom. The van der Waals surface area contributed by atoms with E-state index < -0.39 is 11.2 Å². The molecule has 0 aliphatic carbocycles. The summed E-state index contributed by atoms with van der Waals surface area (Å²) in [6.45, 7) is 0. The average molecular weight is 349 g/mol. The summed E-state index contributed by atoms with van der Waals surface area (Å²) in [5, 5.41) is 0.554. The van der Waals surface area contributed by atoms with Crippen molar-refractivity contribution in [2.45, 2.75) is 4.90 Å². The molecule has 0 unspecified atom stereocenters. The second-order valence-corrected chi connectivity index (χ2v) is 6.64. The van der Waals surface area contributed by atoms with Gasteiger partial charge in [-0.2, -0.15) is 0 Å². The summed E-state index contributed by atoms with van der Waals surface area (Å²) in [7, 11) is 2.98. The summed E-state index contributed by atoms with van der Waals surface area (Å²) in [6.07, 6.45) is 3.00. The highest BCUT2D eigenvalue weighted by atomic mass is 35.5. The smallest absolute Gasteiger partial charge is 0.303 e. The highest BCUT2D eigenvalue weighted by Crippen LogP contribution is 2.37. The monoisotopic (exact) mass is 348 g/mol. The molecule has 1 aliphatic heterocycles. The van der Waals surface area contributed by atoms with Crippen LogP contribution in [0.5, 0.6) is 0 Å². The van der Waals surface area contributed by atoms with Gasteiger partial charge in [-0.25, -0.2) is 4.79 Å². The molecule has 2 heterocycles. The van der Waals surface area contributed by atoms with E-state index in [0.717, 1.165) is 9.46 Å². The lowest BCUT2D eigenvalue weighted by molar-refractivity contribution is 0.103. The first-order valence-electron chi connectivity index (χ1n) is 6.83. The topological polar surface area (TPSA) is 61.1 Å². The van der Waals surface area contributed by atoms with Crippen molar-refractivity contribution in [3.63, 3.8) is 0 Å². The third-order valence-electron chi connectivity index (χ3n) is 3.68. The van der Waals surface area contributed by atoms with Crippen LogP contribution in [0.3, 0.4) is 0 Å². The molecule has 23 heavy (non-hydrogen) atoms. The molecule has 0 fully saturated rings. The maximum Gasteiger partial charge on any atom is 0.330 e. The second-order valence-electron chi connectivity index (χ2n) is 5.25. The molecule has 0 N–H and O–H groups in total. The molecule has 0 atom stereocenters. The number of aromatic nitrogens is 2. The van der Waals surface area contributed by atoms with Crippen LogP contribution in [0, 0.1) is 0 Å². The van der Waals surface area contributed by atoms with Crippen molar-refractivity contribution in [1.29, 1.82) is 0 Å². The first-order valence-corrected chi connectivity index (χ1v) is 8.19. The van der Waals surface area contributed by atoms with Crippen LogP contribution in [0.25, 0.3) is 6.08 Å². The van der Waals surface area contributed by atoms with Crippen LogP contribution in [0.1, 0.15) is 15.9 Å². The van der Waals surface area contributed by atoms with Gasteiger partial charge in [-0.15, -0.1) is 11.8 Å². The molecule has 1 aromatic heterocycles. The lowest BCUT2D eigenvalue weighted by Gasteiger charge is -2.18. The van der Waals surface area contributed by atoms with Crippen LogP contribution in [0.15, 0.2) is 44.5 Å². The Kier molecular flexibility index (Phi) is 4.04. The second kappa shape index (κ2) is 5.86. The minimum atomic E-state index is -0.421. The Morgan fingerprint density at radius 2 is 1.96 bits per heavy atom. The van der Waals surface area contributed by atoms with Gasteiger partial charge in [0.1, 0.15) is 0 Å². The van der Waals surface area contributed by atoms with Gasteiger partial charge < -0.3 is 4.57 Å². The van der Waals surface area contributed by atoms with Crippen LogP contribution in [-0.4, -0.2) is 20.7 Å². The fraction of sp³-hybridized carbons (Fsp3) is 0.188. The predicted octanol–water partition coefficient (Wildman–Crippen LogP) is 2.11. The van der Waals surface area contributed by atoms with E-state index in [0.29, 0.717) is 27.5 Å². The molecule has 5 nitrogen and oxygen atoms in total. The van der Waals surface area contributed by atoms with Crippen LogP contribution in [0.2, 0.25) is 5.02 Å². The number of aryl methyl sites for hydroxylation is 1. The minimum absolute atomic E-state index is 0.142. The quantitative estimate of drug-likeness (QED) is 0.740. The average Bonchev–Trinajstić information content (AvgIpc) is 2.53. The van der Waals surface area contributed by atoms with Gasteiger partial charge in [0.2, 0.25) is 0 Å². The standard InChI is InChI=1S/C16H13ClN2O3S/c1-18-7-9(15(21)19(2)16(18)22)6-10-8-23-14-11(13(10)20)4-3-5-12(14)17/h3-7H,8H2,1-2H3. The van der Waals surface area contributed by atoms with Gasteiger partial charge in [0.05, 0.1) is 10.6 Å². The van der Waals surface area contributed by atoms with Gasteiger partial charge in [0.15, 0.2) is 5.78 Å². The van der Waals surface area contributed by atoms with Crippen molar-refractivity contribution in [2.75, 3.05) is 5.75 Å². The van der Waals surface area contributed by atoms with Crippen molar-refractivity contribution in [3.8, 4) is 0 Å². The molecule has 2 aromatic rings. The number of Topliss-reactive ketones (excluding diaryl/α,β-unsaturated/α-hetero) is 1. The van der Waals surface area contributed by atoms with Crippen molar-refractivity contribution >= 4 is 35.2 Å². The Bertz CT molecular complexity index is 972. The first-order chi connectivity index (χ1) is 10.9. The van der Waals surface area contributed by atoms with Crippen LogP contribution in [0.4, 0.5) is 0 Å². The minimum Gasteiger partial charge on any atom is -0.303 e. The number of nitrogens with zero attached hydrogens (tertiary/aromatic N) is 2. The molecule has 0 radical (unpaired) electrons. The molecule has 0 bridgehead atoms. The summed E-state index contributed by atoms with van der Waals surface area (Å²) < 4.78 is 2.34. The molecule has 3 rings (SSSR count). The van der Waals surface area contributed by atoms with E-state index in [1.165, 1.54) is 29.6 Å². The van der Waals surface area contributed by atoms with Crippen LogP contribution < -0.4 is 11.2 Å².